The number of imidazole rings is 1. The van der Waals surface area contributed by atoms with Gasteiger partial charge in [-0.2, -0.15) is 0 Å². The zero-order valence-electron chi connectivity index (χ0n) is 14.4. The van der Waals surface area contributed by atoms with Gasteiger partial charge in [-0.3, -0.25) is 9.69 Å². The molecule has 0 unspecified atom stereocenters. The van der Waals surface area contributed by atoms with Crippen LogP contribution < -0.4 is 0 Å². The Morgan fingerprint density at radius 3 is 2.79 bits per heavy atom. The van der Waals surface area contributed by atoms with E-state index in [1.165, 1.54) is 7.11 Å². The number of hydrogen-bond acceptors (Lipinski definition) is 7. The van der Waals surface area contributed by atoms with E-state index in [2.05, 4.69) is 4.98 Å². The van der Waals surface area contributed by atoms with Gasteiger partial charge in [0.2, 0.25) is 15.0 Å². The van der Waals surface area contributed by atoms with Crippen LogP contribution >= 0.6 is 0 Å². The molecule has 1 fully saturated rings. The molecule has 0 bridgehead atoms. The predicted octanol–water partition coefficient (Wildman–Crippen LogP) is 0.461. The lowest BCUT2D eigenvalue weighted by atomic mass is 10.2. The number of likely N-dealkylation sites (tertiary alicyclic amines) is 1. The van der Waals surface area contributed by atoms with E-state index >= 15 is 0 Å². The highest BCUT2D eigenvalue weighted by Crippen LogP contribution is 2.22. The van der Waals surface area contributed by atoms with Crippen LogP contribution in [-0.4, -0.2) is 68.0 Å². The van der Waals surface area contributed by atoms with Crippen molar-refractivity contribution >= 4 is 15.8 Å². The van der Waals surface area contributed by atoms with E-state index in [0.717, 1.165) is 25.1 Å². The fraction of sp³-hybridized carbons (Fsp3) is 0.733. The second kappa shape index (κ2) is 8.09. The molecular formula is C15H25N3O5S. The summed E-state index contributed by atoms with van der Waals surface area (Å²) in [6.45, 7) is 3.60. The summed E-state index contributed by atoms with van der Waals surface area (Å²) >= 11 is 0. The number of hydrogen-bond donors (Lipinski definition) is 0. The molecular weight excluding hydrogens is 334 g/mol. The van der Waals surface area contributed by atoms with Crippen molar-refractivity contribution in [2.45, 2.75) is 44.1 Å². The van der Waals surface area contributed by atoms with E-state index in [1.54, 1.807) is 24.8 Å². The third-order valence-corrected chi connectivity index (χ3v) is 5.92. The molecule has 0 saturated carbocycles. The molecule has 0 aliphatic carbocycles. The van der Waals surface area contributed by atoms with Crippen LogP contribution in [0.15, 0.2) is 11.4 Å². The van der Waals surface area contributed by atoms with E-state index in [4.69, 9.17) is 9.47 Å². The van der Waals surface area contributed by atoms with Gasteiger partial charge in [-0.05, 0) is 19.4 Å². The molecule has 1 aliphatic heterocycles. The summed E-state index contributed by atoms with van der Waals surface area (Å²) in [5.41, 5.74) is 0.759. The van der Waals surface area contributed by atoms with Gasteiger partial charge in [-0.1, -0.05) is 6.92 Å². The largest absolute Gasteiger partial charge is 0.468 e. The monoisotopic (exact) mass is 359 g/mol. The highest BCUT2D eigenvalue weighted by molar-refractivity contribution is 7.91. The highest BCUT2D eigenvalue weighted by Gasteiger charge is 2.32. The molecule has 0 amide bonds. The Morgan fingerprint density at radius 1 is 1.42 bits per heavy atom. The smallest absolute Gasteiger partial charge is 0.323 e. The fourth-order valence-corrected chi connectivity index (χ4v) is 3.96. The average molecular weight is 359 g/mol. The first-order valence-electron chi connectivity index (χ1n) is 8.02. The summed E-state index contributed by atoms with van der Waals surface area (Å²) < 4.78 is 36.1. The van der Waals surface area contributed by atoms with Crippen molar-refractivity contribution < 1.29 is 22.7 Å². The van der Waals surface area contributed by atoms with E-state index in [1.807, 2.05) is 4.90 Å². The number of nitrogens with zero attached hydrogens (tertiary/aromatic N) is 3. The summed E-state index contributed by atoms with van der Waals surface area (Å²) in [5, 5.41) is 0.0610. The standard InChI is InChI=1S/C15H25N3O5S/c1-4-24(20,21)15-16-10-12(18(15)8-9-22-2)11-17-7-5-6-13(17)14(19)23-3/h10,13H,4-9,11H2,1-3H3/t13-/m0/s1. The maximum Gasteiger partial charge on any atom is 0.323 e. The topological polar surface area (TPSA) is 90.7 Å². The molecule has 136 valence electrons. The summed E-state index contributed by atoms with van der Waals surface area (Å²) in [5.74, 6) is -0.262. The Labute approximate surface area is 142 Å². The number of carbonyl (C=O) groups is 1. The Balaban J connectivity index is 2.28. The molecule has 2 heterocycles. The molecule has 0 aromatic carbocycles. The molecule has 8 nitrogen and oxygen atoms in total. The molecule has 1 aliphatic rings. The minimum atomic E-state index is -3.42. The number of sulfone groups is 1. The number of esters is 1. The first-order chi connectivity index (χ1) is 11.4. The first-order valence-corrected chi connectivity index (χ1v) is 9.67. The van der Waals surface area contributed by atoms with Crippen LogP contribution in [0.3, 0.4) is 0 Å². The Bertz CT molecular complexity index is 671. The van der Waals surface area contributed by atoms with Gasteiger partial charge in [0.05, 0.1) is 31.4 Å². The molecule has 2 rings (SSSR count). The van der Waals surface area contributed by atoms with Gasteiger partial charge in [0, 0.05) is 20.2 Å². The van der Waals surface area contributed by atoms with Crippen LogP contribution in [-0.2, 0) is 37.2 Å². The van der Waals surface area contributed by atoms with Gasteiger partial charge >= 0.3 is 5.97 Å². The second-order valence-electron chi connectivity index (χ2n) is 5.73. The Hall–Kier alpha value is -1.45. The predicted molar refractivity (Wildman–Crippen MR) is 87.3 cm³/mol. The van der Waals surface area contributed by atoms with E-state index < -0.39 is 9.84 Å². The zero-order valence-corrected chi connectivity index (χ0v) is 15.2. The van der Waals surface area contributed by atoms with E-state index in [0.29, 0.717) is 19.7 Å². The zero-order chi connectivity index (χ0) is 17.7. The molecule has 9 heteroatoms. The molecule has 0 N–H and O–H groups in total. The van der Waals surface area contributed by atoms with Crippen molar-refractivity contribution in [2.24, 2.45) is 0 Å². The second-order valence-corrected chi connectivity index (χ2v) is 7.90. The summed E-state index contributed by atoms with van der Waals surface area (Å²) in [4.78, 5) is 18.0. The Kier molecular flexibility index (Phi) is 6.36. The number of aromatic nitrogens is 2. The number of carbonyl (C=O) groups excluding carboxylic acids is 1. The van der Waals surface area contributed by atoms with Gasteiger partial charge in [0.15, 0.2) is 0 Å². The van der Waals surface area contributed by atoms with Gasteiger partial charge in [-0.25, -0.2) is 13.4 Å². The van der Waals surface area contributed by atoms with Crippen molar-refractivity contribution in [1.82, 2.24) is 14.5 Å². The van der Waals surface area contributed by atoms with Crippen LogP contribution in [0, 0.1) is 0 Å². The Morgan fingerprint density at radius 2 is 2.17 bits per heavy atom. The van der Waals surface area contributed by atoms with Gasteiger partial charge in [0.25, 0.3) is 0 Å². The molecule has 1 saturated heterocycles. The molecule has 24 heavy (non-hydrogen) atoms. The van der Waals surface area contributed by atoms with Gasteiger partial charge < -0.3 is 14.0 Å². The van der Waals surface area contributed by atoms with Gasteiger partial charge in [-0.15, -0.1) is 0 Å². The van der Waals surface area contributed by atoms with Crippen LogP contribution in [0.4, 0.5) is 0 Å². The fourth-order valence-electron chi connectivity index (χ4n) is 2.94. The lowest BCUT2D eigenvalue weighted by Crippen LogP contribution is -2.37. The summed E-state index contributed by atoms with van der Waals surface area (Å²) in [6.07, 6.45) is 3.23. The number of methoxy groups -OCH3 is 2. The molecule has 0 radical (unpaired) electrons. The van der Waals surface area contributed by atoms with Crippen LogP contribution in [0.25, 0.3) is 0 Å². The van der Waals surface area contributed by atoms with Crippen LogP contribution in [0.2, 0.25) is 0 Å². The quantitative estimate of drug-likeness (QED) is 0.623. The number of rotatable bonds is 8. The lowest BCUT2D eigenvalue weighted by molar-refractivity contribution is -0.146. The minimum Gasteiger partial charge on any atom is -0.468 e. The third kappa shape index (κ3) is 3.96. The highest BCUT2D eigenvalue weighted by atomic mass is 32.2. The van der Waals surface area contributed by atoms with Crippen molar-refractivity contribution in [2.75, 3.05) is 33.1 Å². The SMILES string of the molecule is CCS(=O)(=O)c1ncc(CN2CCC[C@H]2C(=O)OC)n1CCOC. The molecule has 1 aromatic rings. The van der Waals surface area contributed by atoms with Crippen molar-refractivity contribution in [3.8, 4) is 0 Å². The maximum absolute atomic E-state index is 12.2. The van der Waals surface area contributed by atoms with E-state index in [9.17, 15) is 13.2 Å². The number of ether oxygens (including phenoxy) is 2. The molecule has 1 atom stereocenters. The third-order valence-electron chi connectivity index (χ3n) is 4.28. The normalized spacial score (nSPS) is 18.9. The molecule has 0 spiro atoms. The lowest BCUT2D eigenvalue weighted by Gasteiger charge is -2.23. The first kappa shape index (κ1) is 18.9. The van der Waals surface area contributed by atoms with Crippen LogP contribution in [0.1, 0.15) is 25.5 Å². The van der Waals surface area contributed by atoms with Crippen molar-refractivity contribution in [3.63, 3.8) is 0 Å². The van der Waals surface area contributed by atoms with Gasteiger partial charge in [0.1, 0.15) is 6.04 Å². The van der Waals surface area contributed by atoms with Crippen molar-refractivity contribution in [3.05, 3.63) is 11.9 Å². The van der Waals surface area contributed by atoms with E-state index in [-0.39, 0.29) is 22.9 Å². The van der Waals surface area contributed by atoms with Crippen molar-refractivity contribution in [1.29, 1.82) is 0 Å². The van der Waals surface area contributed by atoms with Crippen LogP contribution in [0.5, 0.6) is 0 Å². The summed E-state index contributed by atoms with van der Waals surface area (Å²) in [7, 11) is -0.470. The maximum atomic E-state index is 12.2. The minimum absolute atomic E-state index is 0.00899. The average Bonchev–Trinajstić information content (AvgIpc) is 3.20. The summed E-state index contributed by atoms with van der Waals surface area (Å²) in [6, 6.07) is -0.285. The molecule has 1 aromatic heterocycles.